The highest BCUT2D eigenvalue weighted by Gasteiger charge is 2.24. The lowest BCUT2D eigenvalue weighted by molar-refractivity contribution is 0.0694. The summed E-state index contributed by atoms with van der Waals surface area (Å²) >= 11 is 0. The van der Waals surface area contributed by atoms with E-state index < -0.39 is 0 Å². The lowest BCUT2D eigenvalue weighted by Crippen LogP contribution is -2.40. The smallest absolute Gasteiger partial charge is 0.255 e. The maximum absolute atomic E-state index is 12.9. The summed E-state index contributed by atoms with van der Waals surface area (Å²) in [6.45, 7) is 2.09. The van der Waals surface area contributed by atoms with Crippen LogP contribution in [0.15, 0.2) is 54.6 Å². The van der Waals surface area contributed by atoms with Crippen LogP contribution in [-0.2, 0) is 0 Å². The maximum atomic E-state index is 12.9. The van der Waals surface area contributed by atoms with E-state index in [4.69, 9.17) is 5.73 Å². The monoisotopic (exact) mass is 337 g/mol. The molecule has 130 valence electrons. The fourth-order valence-corrected chi connectivity index (χ4v) is 3.10. The number of nitrogens with zero attached hydrogens (tertiary/aromatic N) is 1. The van der Waals surface area contributed by atoms with Crippen molar-refractivity contribution in [2.75, 3.05) is 25.0 Å². The number of nitrogens with one attached hydrogen (secondary N) is 1. The van der Waals surface area contributed by atoms with Crippen LogP contribution in [0.1, 0.15) is 33.6 Å². The Labute approximate surface area is 147 Å². The van der Waals surface area contributed by atoms with Crippen molar-refractivity contribution >= 4 is 17.5 Å². The molecule has 0 unspecified atom stereocenters. The molecule has 1 saturated heterocycles. The van der Waals surface area contributed by atoms with Crippen LogP contribution >= 0.6 is 0 Å². The van der Waals surface area contributed by atoms with Crippen LogP contribution in [0.3, 0.4) is 0 Å². The van der Waals surface area contributed by atoms with Crippen molar-refractivity contribution in [1.82, 2.24) is 4.90 Å². The molecule has 2 aromatic carbocycles. The van der Waals surface area contributed by atoms with Gasteiger partial charge in [-0.25, -0.2) is 0 Å². The number of amides is 2. The van der Waals surface area contributed by atoms with Crippen molar-refractivity contribution in [3.63, 3.8) is 0 Å². The fraction of sp³-hybridized carbons (Fsp3) is 0.300. The second-order valence-electron chi connectivity index (χ2n) is 6.34. The van der Waals surface area contributed by atoms with Crippen LogP contribution in [0.25, 0.3) is 0 Å². The number of carbonyl (C=O) groups excluding carboxylic acids is 2. The van der Waals surface area contributed by atoms with Gasteiger partial charge in [-0.05, 0) is 49.6 Å². The molecule has 0 atom stereocenters. The van der Waals surface area contributed by atoms with E-state index in [2.05, 4.69) is 5.32 Å². The van der Waals surface area contributed by atoms with Crippen molar-refractivity contribution in [2.24, 2.45) is 11.7 Å². The summed E-state index contributed by atoms with van der Waals surface area (Å²) in [7, 11) is 0. The molecule has 25 heavy (non-hydrogen) atoms. The Morgan fingerprint density at radius 1 is 1.00 bits per heavy atom. The van der Waals surface area contributed by atoms with Gasteiger partial charge in [-0.15, -0.1) is 0 Å². The average molecular weight is 337 g/mol. The van der Waals surface area contributed by atoms with Gasteiger partial charge in [0.2, 0.25) is 0 Å². The SMILES string of the molecule is NCC1CCN(C(=O)c2ccccc2NC(=O)c2ccccc2)CC1. The Hall–Kier alpha value is -2.66. The van der Waals surface area contributed by atoms with Gasteiger partial charge in [0.05, 0.1) is 11.3 Å². The topological polar surface area (TPSA) is 75.4 Å². The number of hydrogen-bond acceptors (Lipinski definition) is 3. The van der Waals surface area contributed by atoms with Gasteiger partial charge in [0.25, 0.3) is 11.8 Å². The molecule has 0 aliphatic carbocycles. The van der Waals surface area contributed by atoms with Crippen molar-refractivity contribution < 1.29 is 9.59 Å². The van der Waals surface area contributed by atoms with E-state index in [0.717, 1.165) is 12.8 Å². The van der Waals surface area contributed by atoms with Gasteiger partial charge >= 0.3 is 0 Å². The van der Waals surface area contributed by atoms with Crippen molar-refractivity contribution in [1.29, 1.82) is 0 Å². The number of carbonyl (C=O) groups is 2. The summed E-state index contributed by atoms with van der Waals surface area (Å²) in [6.07, 6.45) is 1.86. The van der Waals surface area contributed by atoms with E-state index in [1.165, 1.54) is 0 Å². The molecule has 1 aliphatic heterocycles. The zero-order valence-corrected chi connectivity index (χ0v) is 14.2. The first kappa shape index (κ1) is 17.2. The Bertz CT molecular complexity index is 738. The summed E-state index contributed by atoms with van der Waals surface area (Å²) in [4.78, 5) is 27.1. The van der Waals surface area contributed by atoms with Gasteiger partial charge in [-0.1, -0.05) is 30.3 Å². The molecule has 0 saturated carbocycles. The van der Waals surface area contributed by atoms with E-state index in [9.17, 15) is 9.59 Å². The number of para-hydroxylation sites is 1. The molecule has 3 N–H and O–H groups in total. The van der Waals surface area contributed by atoms with Crippen LogP contribution in [0.2, 0.25) is 0 Å². The van der Waals surface area contributed by atoms with E-state index in [-0.39, 0.29) is 11.8 Å². The minimum Gasteiger partial charge on any atom is -0.339 e. The first-order chi connectivity index (χ1) is 12.2. The highest BCUT2D eigenvalue weighted by molar-refractivity contribution is 6.09. The molecule has 3 rings (SSSR count). The number of rotatable bonds is 4. The predicted molar refractivity (Wildman–Crippen MR) is 98.5 cm³/mol. The summed E-state index contributed by atoms with van der Waals surface area (Å²) in [5.41, 5.74) is 7.35. The Morgan fingerprint density at radius 2 is 1.64 bits per heavy atom. The standard InChI is InChI=1S/C20H23N3O2/c21-14-15-10-12-23(13-11-15)20(25)17-8-4-5-9-18(17)22-19(24)16-6-2-1-3-7-16/h1-9,15H,10-14,21H2,(H,22,24). The van der Waals surface area contributed by atoms with Crippen LogP contribution in [0.5, 0.6) is 0 Å². The average Bonchev–Trinajstić information content (AvgIpc) is 2.68. The van der Waals surface area contributed by atoms with Crippen LogP contribution in [0, 0.1) is 5.92 Å². The van der Waals surface area contributed by atoms with Gasteiger partial charge < -0.3 is 16.0 Å². The molecule has 0 radical (unpaired) electrons. The normalized spacial score (nSPS) is 15.0. The molecule has 1 heterocycles. The van der Waals surface area contributed by atoms with E-state index in [1.54, 1.807) is 24.3 Å². The first-order valence-corrected chi connectivity index (χ1v) is 8.64. The van der Waals surface area contributed by atoms with Gasteiger partial charge in [-0.3, -0.25) is 9.59 Å². The zero-order chi connectivity index (χ0) is 17.6. The molecule has 0 aromatic heterocycles. The van der Waals surface area contributed by atoms with E-state index >= 15 is 0 Å². The van der Waals surface area contributed by atoms with Gasteiger partial charge in [0, 0.05) is 18.7 Å². The van der Waals surface area contributed by atoms with Crippen molar-refractivity contribution in [2.45, 2.75) is 12.8 Å². The second-order valence-corrected chi connectivity index (χ2v) is 6.34. The highest BCUT2D eigenvalue weighted by atomic mass is 16.2. The largest absolute Gasteiger partial charge is 0.339 e. The summed E-state index contributed by atoms with van der Waals surface area (Å²) in [5, 5.41) is 2.86. The number of piperidine rings is 1. The minimum atomic E-state index is -0.220. The summed E-state index contributed by atoms with van der Waals surface area (Å²) in [6, 6.07) is 16.1. The molecule has 0 spiro atoms. The van der Waals surface area contributed by atoms with Crippen LogP contribution in [-0.4, -0.2) is 36.3 Å². The second kappa shape index (κ2) is 7.94. The highest BCUT2D eigenvalue weighted by Crippen LogP contribution is 2.22. The number of benzene rings is 2. The molecule has 0 bridgehead atoms. The molecule has 2 amide bonds. The molecular formula is C20H23N3O2. The summed E-state index contributed by atoms with van der Waals surface area (Å²) in [5.74, 6) is 0.235. The number of hydrogen-bond donors (Lipinski definition) is 2. The van der Waals surface area contributed by atoms with Crippen molar-refractivity contribution in [3.05, 3.63) is 65.7 Å². The van der Waals surface area contributed by atoms with E-state index in [1.807, 2.05) is 35.2 Å². The third kappa shape index (κ3) is 4.06. The van der Waals surface area contributed by atoms with Crippen LogP contribution < -0.4 is 11.1 Å². The third-order valence-corrected chi connectivity index (χ3v) is 4.68. The molecule has 5 nitrogen and oxygen atoms in total. The molecule has 1 fully saturated rings. The van der Waals surface area contributed by atoms with Gasteiger partial charge in [0.15, 0.2) is 0 Å². The van der Waals surface area contributed by atoms with E-state index in [0.29, 0.717) is 42.4 Å². The molecule has 5 heteroatoms. The molecule has 1 aliphatic rings. The van der Waals surface area contributed by atoms with Crippen molar-refractivity contribution in [3.8, 4) is 0 Å². The molecular weight excluding hydrogens is 314 g/mol. The Morgan fingerprint density at radius 3 is 2.32 bits per heavy atom. The Balaban J connectivity index is 1.75. The summed E-state index contributed by atoms with van der Waals surface area (Å²) < 4.78 is 0. The first-order valence-electron chi connectivity index (χ1n) is 8.64. The quantitative estimate of drug-likeness (QED) is 0.901. The third-order valence-electron chi connectivity index (χ3n) is 4.68. The number of anilines is 1. The predicted octanol–water partition coefficient (Wildman–Crippen LogP) is 2.75. The lowest BCUT2D eigenvalue weighted by atomic mass is 9.96. The van der Waals surface area contributed by atoms with Crippen LogP contribution in [0.4, 0.5) is 5.69 Å². The lowest BCUT2D eigenvalue weighted by Gasteiger charge is -2.31. The minimum absolute atomic E-state index is 0.0422. The number of nitrogens with two attached hydrogens (primary N) is 1. The maximum Gasteiger partial charge on any atom is 0.255 e. The van der Waals surface area contributed by atoms with Gasteiger partial charge in [0.1, 0.15) is 0 Å². The fourth-order valence-electron chi connectivity index (χ4n) is 3.10. The number of likely N-dealkylation sites (tertiary alicyclic amines) is 1. The molecule has 2 aromatic rings. The Kier molecular flexibility index (Phi) is 5.46. The van der Waals surface area contributed by atoms with Gasteiger partial charge in [-0.2, -0.15) is 0 Å². The zero-order valence-electron chi connectivity index (χ0n) is 14.2.